The number of amides is 1. The predicted octanol–water partition coefficient (Wildman–Crippen LogP) is 1.40. The Hall–Kier alpha value is -2.44. The van der Waals surface area contributed by atoms with Gasteiger partial charge in [-0.2, -0.15) is 0 Å². The van der Waals surface area contributed by atoms with E-state index >= 15 is 0 Å². The average Bonchev–Trinajstić information content (AvgIpc) is 2.84. The fraction of sp³-hybridized carbons (Fsp3) is 0.429. The first-order valence-corrected chi connectivity index (χ1v) is 6.71. The number of carbonyl (C=O) groups is 1. The second-order valence-corrected chi connectivity index (χ2v) is 6.10. The number of rotatable bonds is 4. The molecule has 7 heteroatoms. The molecular weight excluding hydrogens is 270 g/mol. The molecule has 2 rings (SSSR count). The molecule has 21 heavy (non-hydrogen) atoms. The molecular formula is C14H19N5O2. The summed E-state index contributed by atoms with van der Waals surface area (Å²) in [7, 11) is 0. The Morgan fingerprint density at radius 2 is 2.19 bits per heavy atom. The van der Waals surface area contributed by atoms with Gasteiger partial charge in [-0.25, -0.2) is 9.89 Å². The predicted molar refractivity (Wildman–Crippen MR) is 77.7 cm³/mol. The van der Waals surface area contributed by atoms with Crippen molar-refractivity contribution >= 4 is 5.91 Å². The van der Waals surface area contributed by atoms with Gasteiger partial charge in [-0.05, 0) is 23.5 Å². The van der Waals surface area contributed by atoms with Crippen molar-refractivity contribution in [2.75, 3.05) is 0 Å². The van der Waals surface area contributed by atoms with Crippen LogP contribution in [0.4, 0.5) is 0 Å². The number of hydrogen-bond donors (Lipinski definition) is 3. The van der Waals surface area contributed by atoms with Crippen molar-refractivity contribution < 1.29 is 4.79 Å². The van der Waals surface area contributed by atoms with Gasteiger partial charge in [0.25, 0.3) is 5.91 Å². The lowest BCUT2D eigenvalue weighted by Crippen LogP contribution is -2.32. The topological polar surface area (TPSA) is 104 Å². The van der Waals surface area contributed by atoms with Crippen molar-refractivity contribution in [3.8, 4) is 0 Å². The molecule has 0 unspecified atom stereocenters. The third kappa shape index (κ3) is 4.27. The smallest absolute Gasteiger partial charge is 0.341 e. The van der Waals surface area contributed by atoms with Crippen LogP contribution in [0.25, 0.3) is 0 Å². The maximum absolute atomic E-state index is 12.1. The van der Waals surface area contributed by atoms with Gasteiger partial charge in [0.15, 0.2) is 0 Å². The summed E-state index contributed by atoms with van der Waals surface area (Å²) in [5, 5.41) is 8.70. The highest BCUT2D eigenvalue weighted by Gasteiger charge is 2.23. The summed E-state index contributed by atoms with van der Waals surface area (Å²) in [5.41, 5.74) is 0.430. The summed E-state index contributed by atoms with van der Waals surface area (Å²) in [6.45, 7) is 6.29. The third-order valence-corrected chi connectivity index (χ3v) is 2.92. The van der Waals surface area contributed by atoms with E-state index in [2.05, 4.69) is 46.3 Å². The maximum atomic E-state index is 12.1. The minimum absolute atomic E-state index is 0.0206. The highest BCUT2D eigenvalue weighted by molar-refractivity contribution is 5.90. The van der Waals surface area contributed by atoms with E-state index in [-0.39, 0.29) is 17.3 Å². The molecule has 0 bridgehead atoms. The Balaban J connectivity index is 2.20. The number of H-pyrrole nitrogens is 2. The van der Waals surface area contributed by atoms with E-state index in [0.717, 1.165) is 12.0 Å². The Morgan fingerprint density at radius 1 is 1.43 bits per heavy atom. The zero-order valence-corrected chi connectivity index (χ0v) is 12.3. The number of nitrogens with one attached hydrogen (secondary N) is 3. The summed E-state index contributed by atoms with van der Waals surface area (Å²) in [6.07, 6.45) is 4.15. The van der Waals surface area contributed by atoms with E-state index in [1.165, 1.54) is 0 Å². The van der Waals surface area contributed by atoms with Gasteiger partial charge in [-0.3, -0.25) is 14.8 Å². The lowest BCUT2D eigenvalue weighted by Gasteiger charge is -2.26. The summed E-state index contributed by atoms with van der Waals surface area (Å²) in [5.74, 6) is -0.450. The SMILES string of the molecule is CC(C)(C)C[C@@H](NC(=O)c1n[nH]c(=O)[nH]1)c1cccnc1. The molecule has 0 saturated heterocycles. The number of aromatic nitrogens is 4. The maximum Gasteiger partial charge on any atom is 0.341 e. The molecule has 0 radical (unpaired) electrons. The van der Waals surface area contributed by atoms with Gasteiger partial charge in [-0.1, -0.05) is 26.8 Å². The van der Waals surface area contributed by atoms with Crippen LogP contribution in [0, 0.1) is 5.41 Å². The second-order valence-electron chi connectivity index (χ2n) is 6.10. The molecule has 1 amide bonds. The monoisotopic (exact) mass is 289 g/mol. The molecule has 0 aromatic carbocycles. The Bertz CT molecular complexity index is 654. The van der Waals surface area contributed by atoms with E-state index in [1.807, 2.05) is 12.1 Å². The van der Waals surface area contributed by atoms with Gasteiger partial charge >= 0.3 is 5.69 Å². The van der Waals surface area contributed by atoms with Crippen LogP contribution >= 0.6 is 0 Å². The van der Waals surface area contributed by atoms with Crippen molar-refractivity contribution in [2.45, 2.75) is 33.2 Å². The first-order chi connectivity index (χ1) is 9.85. The number of carbonyl (C=O) groups excluding carboxylic acids is 1. The van der Waals surface area contributed by atoms with Crippen LogP contribution in [0.3, 0.4) is 0 Å². The van der Waals surface area contributed by atoms with Crippen LogP contribution in [0.15, 0.2) is 29.3 Å². The van der Waals surface area contributed by atoms with Gasteiger partial charge in [0, 0.05) is 12.4 Å². The molecule has 3 N–H and O–H groups in total. The molecule has 112 valence electrons. The molecule has 0 aliphatic heterocycles. The fourth-order valence-electron chi connectivity index (χ4n) is 2.05. The van der Waals surface area contributed by atoms with Crippen molar-refractivity contribution in [1.82, 2.24) is 25.5 Å². The first kappa shape index (κ1) is 15.0. The standard InChI is InChI=1S/C14H19N5O2/c1-14(2,3)7-10(9-5-4-6-15-8-9)16-12(20)11-17-13(21)19-18-11/h4-6,8,10H,7H2,1-3H3,(H,16,20)(H2,17,18,19,21)/t10-/m1/s1. The number of pyridine rings is 1. The van der Waals surface area contributed by atoms with Crippen LogP contribution in [0.2, 0.25) is 0 Å². The lowest BCUT2D eigenvalue weighted by molar-refractivity contribution is 0.0916. The van der Waals surface area contributed by atoms with E-state index in [4.69, 9.17) is 0 Å². The van der Waals surface area contributed by atoms with E-state index in [9.17, 15) is 9.59 Å². The van der Waals surface area contributed by atoms with Crippen LogP contribution in [-0.4, -0.2) is 26.1 Å². The third-order valence-electron chi connectivity index (χ3n) is 2.92. The highest BCUT2D eigenvalue weighted by Crippen LogP contribution is 2.29. The minimum atomic E-state index is -0.506. The highest BCUT2D eigenvalue weighted by atomic mass is 16.2. The molecule has 7 nitrogen and oxygen atoms in total. The van der Waals surface area contributed by atoms with Crippen molar-refractivity contribution in [2.24, 2.45) is 5.41 Å². The fourth-order valence-corrected chi connectivity index (χ4v) is 2.05. The largest absolute Gasteiger partial charge is 0.342 e. The quantitative estimate of drug-likeness (QED) is 0.791. The Labute approximate surface area is 122 Å². The van der Waals surface area contributed by atoms with Crippen LogP contribution in [-0.2, 0) is 0 Å². The van der Waals surface area contributed by atoms with Gasteiger partial charge in [0.1, 0.15) is 0 Å². The van der Waals surface area contributed by atoms with Gasteiger partial charge in [-0.15, -0.1) is 5.10 Å². The average molecular weight is 289 g/mol. The van der Waals surface area contributed by atoms with Crippen molar-refractivity contribution in [1.29, 1.82) is 0 Å². The summed E-state index contributed by atoms with van der Waals surface area (Å²) in [4.78, 5) is 29.6. The molecule has 1 atom stereocenters. The van der Waals surface area contributed by atoms with Gasteiger partial charge in [0.05, 0.1) is 6.04 Å². The number of hydrogen-bond acceptors (Lipinski definition) is 4. The van der Waals surface area contributed by atoms with Crippen LogP contribution in [0.1, 0.15) is 49.4 Å². The van der Waals surface area contributed by atoms with E-state index < -0.39 is 11.6 Å². The second kappa shape index (κ2) is 5.90. The summed E-state index contributed by atoms with van der Waals surface area (Å²) in [6, 6.07) is 3.54. The zero-order valence-electron chi connectivity index (χ0n) is 12.3. The molecule has 0 saturated carbocycles. The van der Waals surface area contributed by atoms with Gasteiger partial charge in [0.2, 0.25) is 5.82 Å². The lowest BCUT2D eigenvalue weighted by atomic mass is 9.86. The molecule has 0 fully saturated rings. The van der Waals surface area contributed by atoms with Crippen LogP contribution in [0.5, 0.6) is 0 Å². The number of aromatic amines is 2. The molecule has 2 aromatic rings. The normalized spacial score (nSPS) is 12.9. The summed E-state index contributed by atoms with van der Waals surface area (Å²) >= 11 is 0. The van der Waals surface area contributed by atoms with Crippen molar-refractivity contribution in [3.05, 3.63) is 46.4 Å². The molecule has 0 spiro atoms. The Morgan fingerprint density at radius 3 is 2.71 bits per heavy atom. The number of nitrogens with zero attached hydrogens (tertiary/aromatic N) is 2. The Kier molecular flexibility index (Phi) is 4.21. The first-order valence-electron chi connectivity index (χ1n) is 6.71. The molecule has 0 aliphatic rings. The minimum Gasteiger partial charge on any atom is -0.342 e. The molecule has 2 heterocycles. The van der Waals surface area contributed by atoms with E-state index in [1.54, 1.807) is 12.4 Å². The molecule has 2 aromatic heterocycles. The van der Waals surface area contributed by atoms with Gasteiger partial charge < -0.3 is 5.32 Å². The molecule has 0 aliphatic carbocycles. The van der Waals surface area contributed by atoms with Crippen LogP contribution < -0.4 is 11.0 Å². The van der Waals surface area contributed by atoms with E-state index in [0.29, 0.717) is 0 Å². The summed E-state index contributed by atoms with van der Waals surface area (Å²) < 4.78 is 0. The zero-order chi connectivity index (χ0) is 15.5. The van der Waals surface area contributed by atoms with Crippen molar-refractivity contribution in [3.63, 3.8) is 0 Å².